The van der Waals surface area contributed by atoms with Crippen molar-refractivity contribution in [3.8, 4) is 5.75 Å². The summed E-state index contributed by atoms with van der Waals surface area (Å²) in [6, 6.07) is 11.8. The summed E-state index contributed by atoms with van der Waals surface area (Å²) in [4.78, 5) is 17.3. The number of ether oxygens (including phenoxy) is 1. The summed E-state index contributed by atoms with van der Waals surface area (Å²) in [6.45, 7) is 3.80. The largest absolute Gasteiger partial charge is 0.496 e. The average Bonchev–Trinajstić information content (AvgIpc) is 3.15. The summed E-state index contributed by atoms with van der Waals surface area (Å²) in [5, 5.41) is 21.1. The van der Waals surface area contributed by atoms with Gasteiger partial charge in [-0.05, 0) is 85.9 Å². The summed E-state index contributed by atoms with van der Waals surface area (Å²) in [5.41, 5.74) is 4.75. The third kappa shape index (κ3) is 3.11. The molecule has 3 N–H and O–H groups in total. The molecule has 3 fully saturated rings. The fraction of sp³-hybridized carbons (Fsp3) is 0.444. The number of likely N-dealkylation sites (tertiary alicyclic amines) is 1. The lowest BCUT2D eigenvalue weighted by molar-refractivity contribution is -0.0954. The van der Waals surface area contributed by atoms with Gasteiger partial charge in [0.05, 0.1) is 18.3 Å². The number of hydrogen-bond acceptors (Lipinski definition) is 4. The van der Waals surface area contributed by atoms with Crippen LogP contribution in [-0.4, -0.2) is 45.3 Å². The number of methoxy groups -OCH3 is 1. The third-order valence-corrected chi connectivity index (χ3v) is 8.62. The van der Waals surface area contributed by atoms with E-state index in [2.05, 4.69) is 28.9 Å². The lowest BCUT2D eigenvalue weighted by Gasteiger charge is -2.53. The highest BCUT2D eigenvalue weighted by Crippen LogP contribution is 2.75. The van der Waals surface area contributed by atoms with Gasteiger partial charge in [-0.15, -0.1) is 0 Å². The summed E-state index contributed by atoms with van der Waals surface area (Å²) in [6.07, 6.45) is 5.91. The van der Waals surface area contributed by atoms with E-state index in [0.29, 0.717) is 11.5 Å². The second kappa shape index (κ2) is 7.08. The highest BCUT2D eigenvalue weighted by atomic mass is 16.5. The van der Waals surface area contributed by atoms with Crippen LogP contribution in [0.25, 0.3) is 10.9 Å². The van der Waals surface area contributed by atoms with E-state index >= 15 is 0 Å². The molecular weight excluding hydrogens is 416 g/mol. The first-order valence-electron chi connectivity index (χ1n) is 11.8. The van der Waals surface area contributed by atoms with E-state index in [1.54, 1.807) is 19.2 Å². The van der Waals surface area contributed by atoms with Crippen LogP contribution < -0.4 is 4.74 Å². The molecule has 3 aromatic rings. The van der Waals surface area contributed by atoms with Gasteiger partial charge in [0.15, 0.2) is 0 Å². The van der Waals surface area contributed by atoms with E-state index < -0.39 is 11.6 Å². The number of piperidine rings is 1. The number of nitrogens with zero attached hydrogens (tertiary/aromatic N) is 1. The number of benzene rings is 2. The van der Waals surface area contributed by atoms with Crippen molar-refractivity contribution < 1.29 is 19.7 Å². The van der Waals surface area contributed by atoms with Crippen LogP contribution in [0.2, 0.25) is 0 Å². The molecule has 3 aliphatic rings. The minimum absolute atomic E-state index is 0.173. The molecule has 2 saturated carbocycles. The molecule has 33 heavy (non-hydrogen) atoms. The Morgan fingerprint density at radius 1 is 1.24 bits per heavy atom. The van der Waals surface area contributed by atoms with Crippen LogP contribution in [0.5, 0.6) is 5.75 Å². The Morgan fingerprint density at radius 3 is 2.67 bits per heavy atom. The fourth-order valence-corrected chi connectivity index (χ4v) is 6.84. The van der Waals surface area contributed by atoms with Crippen LogP contribution in [0.1, 0.15) is 58.8 Å². The number of carboxylic acids is 1. The van der Waals surface area contributed by atoms with Gasteiger partial charge in [0.2, 0.25) is 0 Å². The molecule has 1 aromatic heterocycles. The summed E-state index contributed by atoms with van der Waals surface area (Å²) in [5.74, 6) is 0.429. The molecule has 6 heteroatoms. The second-order valence-electron chi connectivity index (χ2n) is 10.4. The van der Waals surface area contributed by atoms with Crippen molar-refractivity contribution >= 4 is 16.9 Å². The number of aromatic carboxylic acids is 1. The zero-order valence-corrected chi connectivity index (χ0v) is 19.1. The Bertz CT molecular complexity index is 1250. The maximum absolute atomic E-state index is 11.4. The number of aryl methyl sites for hydroxylation is 1. The smallest absolute Gasteiger partial charge is 0.335 e. The molecule has 2 heterocycles. The number of aromatic nitrogens is 1. The number of rotatable bonds is 5. The quantitative estimate of drug-likeness (QED) is 0.531. The zero-order chi connectivity index (χ0) is 23.0. The number of aliphatic hydroxyl groups is 1. The summed E-state index contributed by atoms with van der Waals surface area (Å²) in [7, 11) is 1.73. The van der Waals surface area contributed by atoms with Crippen LogP contribution in [0, 0.1) is 18.3 Å². The lowest BCUT2D eigenvalue weighted by Crippen LogP contribution is -2.51. The highest BCUT2D eigenvalue weighted by Gasteiger charge is 2.74. The van der Waals surface area contributed by atoms with Crippen molar-refractivity contribution in [1.82, 2.24) is 9.88 Å². The summed E-state index contributed by atoms with van der Waals surface area (Å²) < 4.78 is 5.80. The van der Waals surface area contributed by atoms with Crippen LogP contribution >= 0.6 is 0 Å². The normalized spacial score (nSPS) is 30.8. The topological polar surface area (TPSA) is 85.8 Å². The molecule has 0 bridgehead atoms. The van der Waals surface area contributed by atoms with Gasteiger partial charge in [-0.25, -0.2) is 4.79 Å². The Hall–Kier alpha value is -2.83. The van der Waals surface area contributed by atoms with Crippen molar-refractivity contribution in [1.29, 1.82) is 0 Å². The molecule has 0 radical (unpaired) electrons. The maximum Gasteiger partial charge on any atom is 0.335 e. The molecule has 2 aromatic carbocycles. The standard InChI is InChI=1S/C27H30N2O4/c1-16-11-22(33-2)20(19-7-9-28-24(16)19)14-29-10-8-26(15-27(32)13-23(26)27)12-21(29)17-3-5-18(6-4-17)25(30)31/h3-7,9,11,21,23,28,32H,8,10,12-15H2,1-2H3,(H,30,31)/t21-,23?,26-,27+/m0/s1. The molecule has 4 atom stereocenters. The summed E-state index contributed by atoms with van der Waals surface area (Å²) >= 11 is 0. The number of H-pyrrole nitrogens is 1. The number of hydrogen-bond donors (Lipinski definition) is 3. The Balaban J connectivity index is 1.36. The molecule has 0 amide bonds. The number of nitrogens with one attached hydrogen (secondary N) is 1. The molecule has 1 unspecified atom stereocenters. The molecule has 1 spiro atoms. The highest BCUT2D eigenvalue weighted by molar-refractivity contribution is 5.88. The molecule has 172 valence electrons. The predicted octanol–water partition coefficient (Wildman–Crippen LogP) is 4.66. The molecule has 6 nitrogen and oxygen atoms in total. The van der Waals surface area contributed by atoms with E-state index in [1.165, 1.54) is 10.9 Å². The average molecular weight is 447 g/mol. The number of fused-ring (bicyclic) bond motifs is 3. The van der Waals surface area contributed by atoms with E-state index in [9.17, 15) is 15.0 Å². The zero-order valence-electron chi connectivity index (χ0n) is 19.1. The number of aromatic amines is 1. The van der Waals surface area contributed by atoms with Crippen LogP contribution in [-0.2, 0) is 6.54 Å². The Morgan fingerprint density at radius 2 is 2.03 bits per heavy atom. The molecule has 2 aliphatic carbocycles. The van der Waals surface area contributed by atoms with Crippen molar-refractivity contribution in [2.75, 3.05) is 13.7 Å². The lowest BCUT2D eigenvalue weighted by atomic mass is 9.59. The van der Waals surface area contributed by atoms with Gasteiger partial charge in [0.1, 0.15) is 5.75 Å². The van der Waals surface area contributed by atoms with Crippen LogP contribution in [0.3, 0.4) is 0 Å². The molecule has 1 saturated heterocycles. The first-order valence-corrected chi connectivity index (χ1v) is 11.8. The first kappa shape index (κ1) is 20.8. The minimum atomic E-state index is -0.903. The van der Waals surface area contributed by atoms with Gasteiger partial charge in [0, 0.05) is 35.2 Å². The molecule has 1 aliphatic heterocycles. The Labute approximate surface area is 193 Å². The van der Waals surface area contributed by atoms with Crippen LogP contribution in [0.4, 0.5) is 0 Å². The monoisotopic (exact) mass is 446 g/mol. The van der Waals surface area contributed by atoms with Gasteiger partial charge < -0.3 is 19.9 Å². The van der Waals surface area contributed by atoms with Gasteiger partial charge in [0.25, 0.3) is 0 Å². The number of carboxylic acid groups (broad SMARTS) is 1. The first-order chi connectivity index (χ1) is 15.8. The van der Waals surface area contributed by atoms with Gasteiger partial charge >= 0.3 is 5.97 Å². The maximum atomic E-state index is 11.4. The van der Waals surface area contributed by atoms with E-state index in [1.807, 2.05) is 18.3 Å². The van der Waals surface area contributed by atoms with Gasteiger partial charge in [-0.1, -0.05) is 12.1 Å². The SMILES string of the molecule is COc1cc(C)c2[nH]ccc2c1CN1CC[C@]2(C[C@H]1c1ccc(C(=O)O)cc1)C[C@]1(O)CC12. The second-order valence-corrected chi connectivity index (χ2v) is 10.4. The van der Waals surface area contributed by atoms with Crippen molar-refractivity contribution in [2.24, 2.45) is 11.3 Å². The third-order valence-electron chi connectivity index (χ3n) is 8.62. The molecule has 6 rings (SSSR count). The van der Waals surface area contributed by atoms with Crippen LogP contribution in [0.15, 0.2) is 42.6 Å². The van der Waals surface area contributed by atoms with Gasteiger partial charge in [-0.3, -0.25) is 4.90 Å². The van der Waals surface area contributed by atoms with Gasteiger partial charge in [-0.2, -0.15) is 0 Å². The Kier molecular flexibility index (Phi) is 4.45. The van der Waals surface area contributed by atoms with Crippen molar-refractivity contribution in [2.45, 2.75) is 50.8 Å². The van der Waals surface area contributed by atoms with E-state index in [4.69, 9.17) is 4.74 Å². The predicted molar refractivity (Wildman–Crippen MR) is 125 cm³/mol. The van der Waals surface area contributed by atoms with Crippen molar-refractivity contribution in [3.63, 3.8) is 0 Å². The minimum Gasteiger partial charge on any atom is -0.496 e. The molecular formula is C27H30N2O4. The van der Waals surface area contributed by atoms with E-state index in [0.717, 1.165) is 61.2 Å². The fourth-order valence-electron chi connectivity index (χ4n) is 6.84. The van der Waals surface area contributed by atoms with Crippen molar-refractivity contribution in [3.05, 3.63) is 64.8 Å². The number of carbonyl (C=O) groups is 1. The van der Waals surface area contributed by atoms with E-state index in [-0.39, 0.29) is 11.5 Å².